The summed E-state index contributed by atoms with van der Waals surface area (Å²) in [6.07, 6.45) is 6.86. The number of hydrogen-bond acceptors (Lipinski definition) is 2. The number of nitrogens with zero attached hydrogens (tertiary/aromatic N) is 2. The molecular formula is C21H33IN4O. The van der Waals surface area contributed by atoms with Gasteiger partial charge in [0.25, 0.3) is 0 Å². The van der Waals surface area contributed by atoms with Gasteiger partial charge in [-0.05, 0) is 55.7 Å². The zero-order chi connectivity index (χ0) is 18.4. The molecule has 3 rings (SSSR count). The summed E-state index contributed by atoms with van der Waals surface area (Å²) in [7, 11) is 0. The molecule has 1 aromatic rings. The van der Waals surface area contributed by atoms with E-state index in [9.17, 15) is 4.79 Å². The van der Waals surface area contributed by atoms with Crippen molar-refractivity contribution < 1.29 is 4.79 Å². The van der Waals surface area contributed by atoms with Crippen LogP contribution in [0.1, 0.15) is 57.9 Å². The van der Waals surface area contributed by atoms with Crippen LogP contribution in [0, 0.1) is 5.41 Å². The summed E-state index contributed by atoms with van der Waals surface area (Å²) < 4.78 is 0. The Hall–Kier alpha value is -1.31. The standard InChI is InChI=1S/C21H32N4O.HI/c1-3-7-19(26)24-18-9-5-8-17(14-18)15-23-20(22-4-2)25-13-12-21(16-25)10-6-11-21;/h5,8-9,14H,3-4,6-7,10-13,15-16H2,1-2H3,(H,22,23)(H,24,26);1H. The molecular weight excluding hydrogens is 451 g/mol. The van der Waals surface area contributed by atoms with Gasteiger partial charge in [0.2, 0.25) is 5.91 Å². The van der Waals surface area contributed by atoms with Gasteiger partial charge in [-0.2, -0.15) is 0 Å². The maximum Gasteiger partial charge on any atom is 0.224 e. The Morgan fingerprint density at radius 2 is 2.07 bits per heavy atom. The molecule has 0 unspecified atom stereocenters. The number of hydrogen-bond donors (Lipinski definition) is 2. The quantitative estimate of drug-likeness (QED) is 0.358. The third kappa shape index (κ3) is 5.83. The van der Waals surface area contributed by atoms with Crippen LogP contribution in [0.25, 0.3) is 0 Å². The van der Waals surface area contributed by atoms with Gasteiger partial charge in [-0.25, -0.2) is 4.99 Å². The second kappa shape index (κ2) is 10.3. The molecule has 0 atom stereocenters. The number of anilines is 1. The molecule has 150 valence electrons. The molecule has 1 heterocycles. The summed E-state index contributed by atoms with van der Waals surface area (Å²) in [5.41, 5.74) is 2.54. The van der Waals surface area contributed by atoms with Crippen molar-refractivity contribution in [3.05, 3.63) is 29.8 Å². The minimum atomic E-state index is 0. The Morgan fingerprint density at radius 3 is 2.70 bits per heavy atom. The summed E-state index contributed by atoms with van der Waals surface area (Å²) in [6.45, 7) is 7.90. The number of benzene rings is 1. The largest absolute Gasteiger partial charge is 0.357 e. The zero-order valence-electron chi connectivity index (χ0n) is 16.6. The van der Waals surface area contributed by atoms with Gasteiger partial charge in [-0.3, -0.25) is 4.79 Å². The van der Waals surface area contributed by atoms with Gasteiger partial charge in [0.1, 0.15) is 0 Å². The normalized spacial score (nSPS) is 18.0. The summed E-state index contributed by atoms with van der Waals surface area (Å²) in [5.74, 6) is 1.10. The van der Waals surface area contributed by atoms with E-state index in [-0.39, 0.29) is 29.9 Å². The predicted molar refractivity (Wildman–Crippen MR) is 123 cm³/mol. The minimum Gasteiger partial charge on any atom is -0.357 e. The second-order valence-electron chi connectivity index (χ2n) is 7.69. The second-order valence-corrected chi connectivity index (χ2v) is 7.69. The maximum absolute atomic E-state index is 11.8. The Balaban J connectivity index is 0.00000261. The molecule has 2 aliphatic rings. The molecule has 0 aromatic heterocycles. The Bertz CT molecular complexity index is 657. The molecule has 1 aliphatic heterocycles. The van der Waals surface area contributed by atoms with Crippen LogP contribution in [0.15, 0.2) is 29.3 Å². The fourth-order valence-electron chi connectivity index (χ4n) is 3.99. The molecule has 1 amide bonds. The van der Waals surface area contributed by atoms with E-state index in [1.54, 1.807) is 0 Å². The van der Waals surface area contributed by atoms with Crippen molar-refractivity contribution in [3.8, 4) is 0 Å². The van der Waals surface area contributed by atoms with Crippen molar-refractivity contribution in [3.63, 3.8) is 0 Å². The van der Waals surface area contributed by atoms with Crippen molar-refractivity contribution in [2.24, 2.45) is 10.4 Å². The van der Waals surface area contributed by atoms with Gasteiger partial charge < -0.3 is 15.5 Å². The van der Waals surface area contributed by atoms with Crippen molar-refractivity contribution in [2.75, 3.05) is 25.0 Å². The number of guanidine groups is 1. The molecule has 1 aliphatic carbocycles. The molecule has 6 heteroatoms. The number of halogens is 1. The molecule has 2 N–H and O–H groups in total. The molecule has 1 spiro atoms. The van der Waals surface area contributed by atoms with Crippen LogP contribution >= 0.6 is 24.0 Å². The third-order valence-electron chi connectivity index (χ3n) is 5.59. The summed E-state index contributed by atoms with van der Waals surface area (Å²) in [6, 6.07) is 8.02. The molecule has 0 bridgehead atoms. The average Bonchev–Trinajstić information content (AvgIpc) is 3.05. The Labute approximate surface area is 180 Å². The van der Waals surface area contributed by atoms with E-state index in [2.05, 4.69) is 28.5 Å². The van der Waals surface area contributed by atoms with Gasteiger partial charge in [0.05, 0.1) is 6.54 Å². The van der Waals surface area contributed by atoms with Crippen LogP contribution in [0.4, 0.5) is 5.69 Å². The van der Waals surface area contributed by atoms with E-state index in [1.807, 2.05) is 25.1 Å². The first-order valence-corrected chi connectivity index (χ1v) is 10.1. The van der Waals surface area contributed by atoms with Crippen molar-refractivity contribution >= 4 is 41.5 Å². The van der Waals surface area contributed by atoms with Gasteiger partial charge in [0, 0.05) is 31.7 Å². The molecule has 1 saturated heterocycles. The van der Waals surface area contributed by atoms with E-state index < -0.39 is 0 Å². The fraction of sp³-hybridized carbons (Fsp3) is 0.619. The van der Waals surface area contributed by atoms with Gasteiger partial charge in [-0.1, -0.05) is 25.5 Å². The number of rotatable bonds is 6. The molecule has 5 nitrogen and oxygen atoms in total. The van der Waals surface area contributed by atoms with Crippen molar-refractivity contribution in [1.82, 2.24) is 10.2 Å². The fourth-order valence-corrected chi connectivity index (χ4v) is 3.99. The van der Waals surface area contributed by atoms with E-state index >= 15 is 0 Å². The third-order valence-corrected chi connectivity index (χ3v) is 5.59. The number of likely N-dealkylation sites (tertiary alicyclic amines) is 1. The lowest BCUT2D eigenvalue weighted by Crippen LogP contribution is -2.42. The van der Waals surface area contributed by atoms with Crippen LogP contribution < -0.4 is 10.6 Å². The van der Waals surface area contributed by atoms with Gasteiger partial charge in [-0.15, -0.1) is 24.0 Å². The van der Waals surface area contributed by atoms with Crippen LogP contribution in [-0.4, -0.2) is 36.4 Å². The predicted octanol–water partition coefficient (Wildman–Crippen LogP) is 4.38. The van der Waals surface area contributed by atoms with Crippen LogP contribution in [0.5, 0.6) is 0 Å². The highest BCUT2D eigenvalue weighted by Crippen LogP contribution is 2.47. The van der Waals surface area contributed by atoms with Crippen molar-refractivity contribution in [2.45, 2.75) is 58.9 Å². The highest BCUT2D eigenvalue weighted by Gasteiger charge is 2.43. The highest BCUT2D eigenvalue weighted by molar-refractivity contribution is 14.0. The average molecular weight is 484 g/mol. The molecule has 0 radical (unpaired) electrons. The monoisotopic (exact) mass is 484 g/mol. The first-order valence-electron chi connectivity index (χ1n) is 10.1. The lowest BCUT2D eigenvalue weighted by Gasteiger charge is -2.38. The van der Waals surface area contributed by atoms with Crippen LogP contribution in [0.3, 0.4) is 0 Å². The topological polar surface area (TPSA) is 56.7 Å². The highest BCUT2D eigenvalue weighted by atomic mass is 127. The molecule has 1 aromatic carbocycles. The first-order chi connectivity index (χ1) is 12.6. The smallest absolute Gasteiger partial charge is 0.224 e. The van der Waals surface area contributed by atoms with Crippen molar-refractivity contribution in [1.29, 1.82) is 0 Å². The van der Waals surface area contributed by atoms with E-state index in [1.165, 1.54) is 25.7 Å². The molecule has 2 fully saturated rings. The Morgan fingerprint density at radius 1 is 1.26 bits per heavy atom. The van der Waals surface area contributed by atoms with E-state index in [4.69, 9.17) is 4.99 Å². The van der Waals surface area contributed by atoms with Gasteiger partial charge >= 0.3 is 0 Å². The number of nitrogens with one attached hydrogen (secondary N) is 2. The van der Waals surface area contributed by atoms with Gasteiger partial charge in [0.15, 0.2) is 5.96 Å². The van der Waals surface area contributed by atoms with Crippen LogP contribution in [-0.2, 0) is 11.3 Å². The minimum absolute atomic E-state index is 0. The lowest BCUT2D eigenvalue weighted by molar-refractivity contribution is -0.116. The number of carbonyl (C=O) groups is 1. The first kappa shape index (κ1) is 22.0. The molecule has 1 saturated carbocycles. The maximum atomic E-state index is 11.8. The summed E-state index contributed by atoms with van der Waals surface area (Å²) in [4.78, 5) is 19.1. The molecule has 27 heavy (non-hydrogen) atoms. The number of carbonyl (C=O) groups excluding carboxylic acids is 1. The SMILES string of the molecule is CCCC(=O)Nc1cccc(CN=C(NCC)N2CCC3(CCC3)C2)c1.I. The Kier molecular flexibility index (Phi) is 8.38. The summed E-state index contributed by atoms with van der Waals surface area (Å²) in [5, 5.41) is 6.41. The van der Waals surface area contributed by atoms with E-state index in [0.29, 0.717) is 18.4 Å². The zero-order valence-corrected chi connectivity index (χ0v) is 18.9. The lowest BCUT2D eigenvalue weighted by atomic mass is 9.68. The number of amides is 1. The number of aliphatic imine (C=N–C) groups is 1. The van der Waals surface area contributed by atoms with Crippen LogP contribution in [0.2, 0.25) is 0 Å². The van der Waals surface area contributed by atoms with E-state index in [0.717, 1.165) is 43.3 Å². The summed E-state index contributed by atoms with van der Waals surface area (Å²) >= 11 is 0.